The van der Waals surface area contributed by atoms with Crippen molar-refractivity contribution >= 4 is 22.6 Å². The van der Waals surface area contributed by atoms with Crippen molar-refractivity contribution < 1.29 is 9.90 Å². The number of nitrogens with one attached hydrogen (secondary N) is 1. The lowest BCUT2D eigenvalue weighted by molar-refractivity contribution is -0.111. The highest BCUT2D eigenvalue weighted by Gasteiger charge is 2.16. The number of carbonyl (C=O) groups excluding carboxylic acids is 1. The van der Waals surface area contributed by atoms with Crippen LogP contribution in [0.15, 0.2) is 43.0 Å². The summed E-state index contributed by atoms with van der Waals surface area (Å²) >= 11 is 0. The average molecular weight is 308 g/mol. The molecule has 2 aromatic carbocycles. The van der Waals surface area contributed by atoms with E-state index >= 15 is 0 Å². The predicted molar refractivity (Wildman–Crippen MR) is 88.8 cm³/mol. The van der Waals surface area contributed by atoms with Gasteiger partial charge in [-0.15, -0.1) is 15.0 Å². The molecule has 0 spiro atoms. The Labute approximate surface area is 133 Å². The van der Waals surface area contributed by atoms with Gasteiger partial charge in [0.25, 0.3) is 0 Å². The van der Waals surface area contributed by atoms with Gasteiger partial charge in [0.05, 0.1) is 5.69 Å². The maximum absolute atomic E-state index is 11.5. The van der Waals surface area contributed by atoms with Gasteiger partial charge in [0.1, 0.15) is 22.5 Å². The molecule has 0 fully saturated rings. The monoisotopic (exact) mass is 308 g/mol. The topological polar surface area (TPSA) is 80.0 Å². The lowest BCUT2D eigenvalue weighted by Gasteiger charge is -2.14. The third-order valence-corrected chi connectivity index (χ3v) is 3.66. The van der Waals surface area contributed by atoms with Crippen molar-refractivity contribution in [2.75, 3.05) is 5.32 Å². The van der Waals surface area contributed by atoms with Crippen LogP contribution in [-0.2, 0) is 4.79 Å². The number of rotatable bonds is 3. The zero-order valence-corrected chi connectivity index (χ0v) is 12.9. The van der Waals surface area contributed by atoms with Gasteiger partial charge < -0.3 is 10.4 Å². The van der Waals surface area contributed by atoms with E-state index in [2.05, 4.69) is 22.1 Å². The lowest BCUT2D eigenvalue weighted by Crippen LogP contribution is -2.11. The molecule has 1 heterocycles. The molecule has 0 aliphatic rings. The molecule has 1 amide bonds. The van der Waals surface area contributed by atoms with Gasteiger partial charge in [-0.25, -0.2) is 0 Å². The Bertz CT molecular complexity index is 895. The Morgan fingerprint density at radius 2 is 1.87 bits per heavy atom. The highest BCUT2D eigenvalue weighted by Crippen LogP contribution is 2.34. The van der Waals surface area contributed by atoms with Crippen LogP contribution in [0.4, 0.5) is 5.69 Å². The number of aromatic hydroxyl groups is 1. The number of hydrogen-bond donors (Lipinski definition) is 2. The van der Waals surface area contributed by atoms with E-state index in [0.717, 1.165) is 16.6 Å². The molecule has 0 aliphatic carbocycles. The second kappa shape index (κ2) is 5.57. The van der Waals surface area contributed by atoms with E-state index in [4.69, 9.17) is 0 Å². The smallest absolute Gasteiger partial charge is 0.247 e. The molecule has 6 nitrogen and oxygen atoms in total. The second-order valence-electron chi connectivity index (χ2n) is 5.23. The van der Waals surface area contributed by atoms with Gasteiger partial charge in [-0.1, -0.05) is 18.7 Å². The van der Waals surface area contributed by atoms with E-state index in [0.29, 0.717) is 16.9 Å². The Morgan fingerprint density at radius 3 is 2.43 bits per heavy atom. The molecule has 0 unspecified atom stereocenters. The van der Waals surface area contributed by atoms with Crippen molar-refractivity contribution in [3.63, 3.8) is 0 Å². The minimum Gasteiger partial charge on any atom is -0.505 e. The standard InChI is InChI=1S/C17H16N4O2/c1-4-15(22)18-16-10(2)9-14(17(23)11(16)3)21-19-12-7-5-6-8-13(12)20-21/h4-9,23H,1H2,2-3H3,(H,18,22). The highest BCUT2D eigenvalue weighted by molar-refractivity contribution is 6.00. The number of hydrogen-bond acceptors (Lipinski definition) is 4. The lowest BCUT2D eigenvalue weighted by atomic mass is 10.1. The van der Waals surface area contributed by atoms with Gasteiger partial charge >= 0.3 is 0 Å². The first-order valence-corrected chi connectivity index (χ1v) is 7.10. The quantitative estimate of drug-likeness (QED) is 0.729. The second-order valence-corrected chi connectivity index (χ2v) is 5.23. The van der Waals surface area contributed by atoms with Crippen LogP contribution in [0.2, 0.25) is 0 Å². The molecular formula is C17H16N4O2. The minimum absolute atomic E-state index is 0.0234. The number of nitrogens with zero attached hydrogens (tertiary/aromatic N) is 3. The molecule has 0 saturated heterocycles. The number of phenols is 1. The number of aromatic nitrogens is 3. The molecule has 3 rings (SSSR count). The third-order valence-electron chi connectivity index (χ3n) is 3.66. The number of anilines is 1. The van der Waals surface area contributed by atoms with Crippen LogP contribution in [-0.4, -0.2) is 26.0 Å². The molecule has 23 heavy (non-hydrogen) atoms. The summed E-state index contributed by atoms with van der Waals surface area (Å²) in [5.41, 5.74) is 3.86. The summed E-state index contributed by atoms with van der Waals surface area (Å²) in [7, 11) is 0. The fraction of sp³-hybridized carbons (Fsp3) is 0.118. The summed E-state index contributed by atoms with van der Waals surface area (Å²) in [6, 6.07) is 9.21. The van der Waals surface area contributed by atoms with Gasteiger partial charge in [-0.05, 0) is 43.7 Å². The van der Waals surface area contributed by atoms with Gasteiger partial charge in [0, 0.05) is 5.56 Å². The van der Waals surface area contributed by atoms with Crippen LogP contribution in [0, 0.1) is 13.8 Å². The predicted octanol–water partition coefficient (Wildman–Crippen LogP) is 2.87. The minimum atomic E-state index is -0.327. The van der Waals surface area contributed by atoms with Crippen molar-refractivity contribution in [2.45, 2.75) is 13.8 Å². The highest BCUT2D eigenvalue weighted by atomic mass is 16.3. The fourth-order valence-electron chi connectivity index (χ4n) is 2.44. The Hall–Kier alpha value is -3.15. The average Bonchev–Trinajstić information content (AvgIpc) is 2.98. The first kappa shape index (κ1) is 14.8. The molecule has 0 aliphatic heterocycles. The van der Waals surface area contributed by atoms with E-state index < -0.39 is 0 Å². The Balaban J connectivity index is 2.13. The first-order valence-electron chi connectivity index (χ1n) is 7.10. The van der Waals surface area contributed by atoms with Crippen molar-refractivity contribution in [3.05, 3.63) is 54.1 Å². The molecule has 2 N–H and O–H groups in total. The maximum Gasteiger partial charge on any atom is 0.247 e. The molecule has 6 heteroatoms. The molecule has 116 valence electrons. The zero-order chi connectivity index (χ0) is 16.6. The first-order chi connectivity index (χ1) is 11.0. The molecule has 0 bridgehead atoms. The normalized spacial score (nSPS) is 10.7. The van der Waals surface area contributed by atoms with E-state index in [1.54, 1.807) is 13.0 Å². The summed E-state index contributed by atoms with van der Waals surface area (Å²) < 4.78 is 0. The van der Waals surface area contributed by atoms with Gasteiger partial charge in [-0.3, -0.25) is 4.79 Å². The maximum atomic E-state index is 11.5. The molecule has 0 radical (unpaired) electrons. The number of phenolic OH excluding ortho intramolecular Hbond substituents is 1. The van der Waals surface area contributed by atoms with E-state index in [1.165, 1.54) is 10.9 Å². The zero-order valence-electron chi connectivity index (χ0n) is 12.9. The number of fused-ring (bicyclic) bond motifs is 1. The fourth-order valence-corrected chi connectivity index (χ4v) is 2.44. The van der Waals surface area contributed by atoms with Crippen molar-refractivity contribution in [1.29, 1.82) is 0 Å². The summed E-state index contributed by atoms with van der Waals surface area (Å²) in [5, 5.41) is 21.9. The van der Waals surface area contributed by atoms with Gasteiger partial charge in [0.2, 0.25) is 5.91 Å². The summed E-state index contributed by atoms with van der Waals surface area (Å²) in [6.07, 6.45) is 1.19. The SMILES string of the molecule is C=CC(=O)Nc1c(C)cc(-n2nc3ccccc3n2)c(O)c1C. The molecule has 3 aromatic rings. The largest absolute Gasteiger partial charge is 0.505 e. The Morgan fingerprint density at radius 1 is 1.26 bits per heavy atom. The van der Waals surface area contributed by atoms with Crippen LogP contribution in [0.5, 0.6) is 5.75 Å². The van der Waals surface area contributed by atoms with Crippen LogP contribution in [0.25, 0.3) is 16.7 Å². The van der Waals surface area contributed by atoms with Crippen molar-refractivity contribution in [3.8, 4) is 11.4 Å². The molecule has 0 saturated carbocycles. The number of carbonyl (C=O) groups is 1. The number of amides is 1. The third kappa shape index (κ3) is 2.55. The molecule has 0 atom stereocenters. The Kier molecular flexibility index (Phi) is 3.57. The van der Waals surface area contributed by atoms with Crippen molar-refractivity contribution in [1.82, 2.24) is 15.0 Å². The van der Waals surface area contributed by atoms with Crippen LogP contribution in [0.3, 0.4) is 0 Å². The number of benzene rings is 2. The van der Waals surface area contributed by atoms with Crippen LogP contribution >= 0.6 is 0 Å². The van der Waals surface area contributed by atoms with E-state index in [9.17, 15) is 9.90 Å². The van der Waals surface area contributed by atoms with Crippen LogP contribution < -0.4 is 5.32 Å². The van der Waals surface area contributed by atoms with Crippen molar-refractivity contribution in [2.24, 2.45) is 0 Å². The summed E-state index contributed by atoms with van der Waals surface area (Å²) in [6.45, 7) is 7.00. The summed E-state index contributed by atoms with van der Waals surface area (Å²) in [4.78, 5) is 12.9. The molecule has 1 aromatic heterocycles. The van der Waals surface area contributed by atoms with E-state index in [-0.39, 0.29) is 11.7 Å². The molecular weight excluding hydrogens is 292 g/mol. The number of aryl methyl sites for hydroxylation is 1. The summed E-state index contributed by atoms with van der Waals surface area (Å²) in [5.74, 6) is -0.304. The van der Waals surface area contributed by atoms with Crippen LogP contribution in [0.1, 0.15) is 11.1 Å². The van der Waals surface area contributed by atoms with Gasteiger partial charge in [-0.2, -0.15) is 0 Å². The van der Waals surface area contributed by atoms with Gasteiger partial charge in [0.15, 0.2) is 0 Å². The van der Waals surface area contributed by atoms with E-state index in [1.807, 2.05) is 31.2 Å².